The summed E-state index contributed by atoms with van der Waals surface area (Å²) >= 11 is 0. The highest BCUT2D eigenvalue weighted by molar-refractivity contribution is 6.12. The van der Waals surface area contributed by atoms with Crippen LogP contribution in [-0.4, -0.2) is 15.0 Å². The van der Waals surface area contributed by atoms with Crippen molar-refractivity contribution in [3.05, 3.63) is 151 Å². The van der Waals surface area contributed by atoms with Gasteiger partial charge < -0.3 is 4.42 Å². The standard InChI is InChI=1S/C41H25N3O/c1-2-13-27(14-3-1)39-42-40(44-41(43-39)35-23-11-25-37-38(35)34-17-6-7-24-36(34)45-37)33-22-10-20-31-30(19-9-21-32(31)33)29-18-8-15-26-12-4-5-16-28(26)29/h1-25H/i1D,2D,3D,4D,5D,6D,7D,8D,11D,12D,13D,14D,15D,16D,17D,18D,23D,24D,25D. The van der Waals surface area contributed by atoms with Crippen molar-refractivity contribution in [3.63, 3.8) is 0 Å². The number of fused-ring (bicyclic) bond motifs is 5. The summed E-state index contributed by atoms with van der Waals surface area (Å²) in [5, 5.41) is -0.271. The third kappa shape index (κ3) is 4.19. The Bertz CT molecular complexity index is 3590. The van der Waals surface area contributed by atoms with E-state index in [1.807, 2.05) is 0 Å². The normalized spacial score (nSPS) is 17.5. The number of benzene rings is 7. The van der Waals surface area contributed by atoms with Gasteiger partial charge in [0, 0.05) is 27.5 Å². The van der Waals surface area contributed by atoms with E-state index in [4.69, 9.17) is 35.4 Å². The molecule has 45 heavy (non-hydrogen) atoms. The number of rotatable bonds is 4. The number of nitrogens with zero attached hydrogens (tertiary/aromatic N) is 3. The first-order chi connectivity index (χ1) is 30.2. The van der Waals surface area contributed by atoms with Gasteiger partial charge in [0.05, 0.1) is 26.0 Å². The molecule has 210 valence electrons. The molecule has 2 heterocycles. The van der Waals surface area contributed by atoms with Gasteiger partial charge in [0.15, 0.2) is 17.5 Å². The molecule has 0 N–H and O–H groups in total. The number of furan rings is 1. The predicted molar refractivity (Wildman–Crippen MR) is 184 cm³/mol. The maximum atomic E-state index is 9.15. The van der Waals surface area contributed by atoms with E-state index in [1.54, 1.807) is 36.4 Å². The summed E-state index contributed by atoms with van der Waals surface area (Å²) in [5.74, 6) is -1.23. The summed E-state index contributed by atoms with van der Waals surface area (Å²) in [4.78, 5) is 13.8. The number of para-hydroxylation sites is 1. The minimum absolute atomic E-state index is 0.0713. The molecule has 0 aliphatic rings. The lowest BCUT2D eigenvalue weighted by molar-refractivity contribution is 0.669. The van der Waals surface area contributed by atoms with Crippen LogP contribution in [0.5, 0.6) is 0 Å². The van der Waals surface area contributed by atoms with Crippen molar-refractivity contribution >= 4 is 43.5 Å². The van der Waals surface area contributed by atoms with Gasteiger partial charge in [0.2, 0.25) is 0 Å². The predicted octanol–water partition coefficient (Wildman–Crippen LogP) is 10.7. The first-order valence-corrected chi connectivity index (χ1v) is 13.5. The van der Waals surface area contributed by atoms with E-state index < -0.39 is 138 Å². The van der Waals surface area contributed by atoms with Crippen molar-refractivity contribution in [1.29, 1.82) is 0 Å². The van der Waals surface area contributed by atoms with Crippen molar-refractivity contribution in [2.75, 3.05) is 0 Å². The molecule has 0 bridgehead atoms. The molecule has 0 fully saturated rings. The quantitative estimate of drug-likeness (QED) is 0.203. The molecule has 0 amide bonds. The van der Waals surface area contributed by atoms with Crippen LogP contribution in [0.25, 0.3) is 88.8 Å². The van der Waals surface area contributed by atoms with Gasteiger partial charge in [-0.25, -0.2) is 15.0 Å². The van der Waals surface area contributed by atoms with E-state index in [1.165, 1.54) is 0 Å². The van der Waals surface area contributed by atoms with Gasteiger partial charge >= 0.3 is 0 Å². The third-order valence-corrected chi connectivity index (χ3v) is 7.28. The van der Waals surface area contributed by atoms with Gasteiger partial charge in [-0.15, -0.1) is 0 Å². The second-order valence-electron chi connectivity index (χ2n) is 9.77. The van der Waals surface area contributed by atoms with E-state index in [0.717, 1.165) is 0 Å². The zero-order valence-electron chi connectivity index (χ0n) is 41.7. The van der Waals surface area contributed by atoms with Crippen LogP contribution in [0.3, 0.4) is 0 Å². The second kappa shape index (κ2) is 10.2. The highest BCUT2D eigenvalue weighted by Crippen LogP contribution is 2.39. The van der Waals surface area contributed by atoms with E-state index in [-0.39, 0.29) is 55.2 Å². The van der Waals surface area contributed by atoms with Crippen LogP contribution in [0.1, 0.15) is 26.0 Å². The molecule has 9 rings (SSSR count). The molecule has 4 heteroatoms. The molecule has 0 aliphatic carbocycles. The zero-order chi connectivity index (χ0) is 46.3. The SMILES string of the molecule is [2H]c1c([2H])c([2H])c(-c2nc(-c3cccc4c(-c5c([2H])c([2H])c([2H])c6c([2H])c([2H])c([2H])c([2H])c56)cccc34)nc(-c3c([2H])c([2H])c([2H])c4oc5c([2H])c([2H])c([2H])c([2H])c5c34)n2)c([2H])c1[2H]. The number of aromatic nitrogens is 3. The second-order valence-corrected chi connectivity index (χ2v) is 9.77. The Morgan fingerprint density at radius 1 is 0.422 bits per heavy atom. The van der Waals surface area contributed by atoms with Crippen LogP contribution >= 0.6 is 0 Å². The van der Waals surface area contributed by atoms with Crippen molar-refractivity contribution in [1.82, 2.24) is 15.0 Å². The Hall–Kier alpha value is -6.13. The molecule has 0 saturated carbocycles. The Morgan fingerprint density at radius 3 is 1.89 bits per heavy atom. The van der Waals surface area contributed by atoms with Crippen LogP contribution in [0.4, 0.5) is 0 Å². The lowest BCUT2D eigenvalue weighted by Gasteiger charge is -2.14. The Morgan fingerprint density at radius 2 is 1.02 bits per heavy atom. The van der Waals surface area contributed by atoms with E-state index in [9.17, 15) is 0 Å². The molecule has 7 aromatic carbocycles. The van der Waals surface area contributed by atoms with Gasteiger partial charge in [-0.2, -0.15) is 0 Å². The van der Waals surface area contributed by atoms with Gasteiger partial charge in [-0.05, 0) is 44.8 Å². The summed E-state index contributed by atoms with van der Waals surface area (Å²) in [6.07, 6.45) is 0. The molecular formula is C41H25N3O. The number of hydrogen-bond donors (Lipinski definition) is 0. The molecule has 4 nitrogen and oxygen atoms in total. The van der Waals surface area contributed by atoms with Gasteiger partial charge in [-0.3, -0.25) is 0 Å². The van der Waals surface area contributed by atoms with Crippen LogP contribution in [-0.2, 0) is 0 Å². The van der Waals surface area contributed by atoms with Crippen LogP contribution < -0.4 is 0 Å². The molecule has 0 saturated heterocycles. The Balaban J connectivity index is 1.43. The molecule has 0 unspecified atom stereocenters. The average molecular weight is 595 g/mol. The monoisotopic (exact) mass is 594 g/mol. The van der Waals surface area contributed by atoms with Crippen LogP contribution in [0.2, 0.25) is 0 Å². The highest BCUT2D eigenvalue weighted by atomic mass is 16.3. The molecule has 0 spiro atoms. The maximum Gasteiger partial charge on any atom is 0.164 e. The Kier molecular flexibility index (Phi) is 2.93. The fourth-order valence-electron chi connectivity index (χ4n) is 5.35. The summed E-state index contributed by atoms with van der Waals surface area (Å²) < 4.78 is 169. The van der Waals surface area contributed by atoms with Gasteiger partial charge in [0.25, 0.3) is 0 Å². The lowest BCUT2D eigenvalue weighted by atomic mass is 9.92. The fraction of sp³-hybridized carbons (Fsp3) is 0. The van der Waals surface area contributed by atoms with Crippen LogP contribution in [0.15, 0.2) is 156 Å². The minimum atomic E-state index is -0.731. The zero-order valence-corrected chi connectivity index (χ0v) is 22.7. The molecular weight excluding hydrogens is 550 g/mol. The highest BCUT2D eigenvalue weighted by Gasteiger charge is 2.19. The van der Waals surface area contributed by atoms with E-state index in [2.05, 4.69) is 9.97 Å². The topological polar surface area (TPSA) is 51.8 Å². The molecule has 0 aliphatic heterocycles. The lowest BCUT2D eigenvalue weighted by Crippen LogP contribution is -2.01. The van der Waals surface area contributed by atoms with E-state index in [0.29, 0.717) is 10.8 Å². The smallest absolute Gasteiger partial charge is 0.164 e. The fourth-order valence-corrected chi connectivity index (χ4v) is 5.35. The summed E-state index contributed by atoms with van der Waals surface area (Å²) in [5.41, 5.74) is -1.32. The first-order valence-electron chi connectivity index (χ1n) is 23.0. The molecule has 0 atom stereocenters. The van der Waals surface area contributed by atoms with Gasteiger partial charge in [0.1, 0.15) is 11.2 Å². The molecule has 0 radical (unpaired) electrons. The first kappa shape index (κ1) is 12.8. The number of hydrogen-bond acceptors (Lipinski definition) is 4. The molecule has 2 aromatic heterocycles. The maximum absolute atomic E-state index is 9.15. The summed E-state index contributed by atoms with van der Waals surface area (Å²) in [7, 11) is 0. The van der Waals surface area contributed by atoms with Crippen molar-refractivity contribution in [2.24, 2.45) is 0 Å². The van der Waals surface area contributed by atoms with Crippen LogP contribution in [0, 0.1) is 0 Å². The van der Waals surface area contributed by atoms with Gasteiger partial charge in [-0.1, -0.05) is 139 Å². The Labute approximate surface area is 286 Å². The summed E-state index contributed by atoms with van der Waals surface area (Å²) in [6.45, 7) is 0. The van der Waals surface area contributed by atoms with Crippen molar-refractivity contribution < 1.29 is 30.5 Å². The largest absolute Gasteiger partial charge is 0.456 e. The summed E-state index contributed by atoms with van der Waals surface area (Å²) in [6, 6.07) is -2.64. The average Bonchev–Trinajstić information content (AvgIpc) is 3.68. The minimum Gasteiger partial charge on any atom is -0.456 e. The van der Waals surface area contributed by atoms with E-state index >= 15 is 0 Å². The van der Waals surface area contributed by atoms with Crippen molar-refractivity contribution in [3.8, 4) is 45.3 Å². The molecule has 9 aromatic rings. The third-order valence-electron chi connectivity index (χ3n) is 7.28. The van der Waals surface area contributed by atoms with Crippen molar-refractivity contribution in [2.45, 2.75) is 0 Å².